The van der Waals surface area contributed by atoms with Gasteiger partial charge in [-0.1, -0.05) is 12.8 Å². The predicted octanol–water partition coefficient (Wildman–Crippen LogP) is 1.07. The highest BCUT2D eigenvalue weighted by Gasteiger charge is 2.50. The Labute approximate surface area is 114 Å². The minimum Gasteiger partial charge on any atom is -0.374 e. The lowest BCUT2D eigenvalue weighted by Crippen LogP contribution is -2.66. The minimum atomic E-state index is -0.601. The summed E-state index contributed by atoms with van der Waals surface area (Å²) in [6, 6.07) is 0. The van der Waals surface area contributed by atoms with Crippen molar-refractivity contribution in [1.82, 2.24) is 10.2 Å². The third-order valence-corrected chi connectivity index (χ3v) is 3.92. The van der Waals surface area contributed by atoms with Crippen molar-refractivity contribution in [2.24, 2.45) is 0 Å². The Balaban J connectivity index is 2.05. The Bertz CT molecular complexity index is 367. The number of carbonyl (C=O) groups excluding carboxylic acids is 2. The van der Waals surface area contributed by atoms with E-state index in [0.717, 1.165) is 25.7 Å². The molecule has 1 spiro atoms. The first kappa shape index (κ1) is 14.3. The van der Waals surface area contributed by atoms with Crippen LogP contribution in [-0.4, -0.2) is 47.6 Å². The Morgan fingerprint density at radius 1 is 1.26 bits per heavy atom. The van der Waals surface area contributed by atoms with Crippen LogP contribution in [0.5, 0.6) is 0 Å². The van der Waals surface area contributed by atoms with E-state index in [9.17, 15) is 9.59 Å². The Hall–Kier alpha value is -1.10. The maximum absolute atomic E-state index is 12.2. The van der Waals surface area contributed by atoms with E-state index in [2.05, 4.69) is 5.32 Å². The van der Waals surface area contributed by atoms with Crippen LogP contribution < -0.4 is 5.32 Å². The molecule has 2 aliphatic rings. The third kappa shape index (κ3) is 2.91. The standard InChI is InChI=1S/C14H24N2O3/c1-13(2,3)19-9-8-16-11(17)10-15-12(18)14(16)6-4-5-7-14/h4-10H2,1-3H3,(H,15,18). The molecule has 0 aromatic carbocycles. The van der Waals surface area contributed by atoms with Crippen LogP contribution in [0.1, 0.15) is 46.5 Å². The molecule has 108 valence electrons. The zero-order valence-electron chi connectivity index (χ0n) is 12.1. The van der Waals surface area contributed by atoms with E-state index in [1.165, 1.54) is 0 Å². The van der Waals surface area contributed by atoms with Gasteiger partial charge in [0.1, 0.15) is 5.54 Å². The molecule has 0 unspecified atom stereocenters. The molecule has 0 atom stereocenters. The number of piperazine rings is 1. The number of nitrogens with one attached hydrogen (secondary N) is 1. The molecule has 2 rings (SSSR count). The Morgan fingerprint density at radius 3 is 2.47 bits per heavy atom. The fourth-order valence-electron chi connectivity index (χ4n) is 3.02. The van der Waals surface area contributed by atoms with Crippen molar-refractivity contribution in [3.05, 3.63) is 0 Å². The highest BCUT2D eigenvalue weighted by atomic mass is 16.5. The van der Waals surface area contributed by atoms with Crippen molar-refractivity contribution in [2.75, 3.05) is 19.7 Å². The predicted molar refractivity (Wildman–Crippen MR) is 71.6 cm³/mol. The van der Waals surface area contributed by atoms with E-state index >= 15 is 0 Å². The molecule has 5 nitrogen and oxygen atoms in total. The topological polar surface area (TPSA) is 58.6 Å². The number of amides is 2. The molecule has 1 aliphatic heterocycles. The number of ether oxygens (including phenoxy) is 1. The van der Waals surface area contributed by atoms with Crippen LogP contribution >= 0.6 is 0 Å². The molecule has 19 heavy (non-hydrogen) atoms. The van der Waals surface area contributed by atoms with E-state index in [1.807, 2.05) is 20.8 Å². The van der Waals surface area contributed by atoms with Gasteiger partial charge in [-0.25, -0.2) is 0 Å². The largest absolute Gasteiger partial charge is 0.374 e. The number of carbonyl (C=O) groups is 2. The average Bonchev–Trinajstić information content (AvgIpc) is 2.78. The summed E-state index contributed by atoms with van der Waals surface area (Å²) < 4.78 is 5.69. The van der Waals surface area contributed by atoms with Crippen molar-refractivity contribution >= 4 is 11.8 Å². The van der Waals surface area contributed by atoms with E-state index in [-0.39, 0.29) is 24.0 Å². The van der Waals surface area contributed by atoms with E-state index in [4.69, 9.17) is 4.74 Å². The van der Waals surface area contributed by atoms with Crippen molar-refractivity contribution < 1.29 is 14.3 Å². The molecule has 5 heteroatoms. The number of rotatable bonds is 3. The minimum absolute atomic E-state index is 0.0130. The summed E-state index contributed by atoms with van der Waals surface area (Å²) in [4.78, 5) is 26.1. The monoisotopic (exact) mass is 268 g/mol. The van der Waals surface area contributed by atoms with Gasteiger partial charge in [-0.05, 0) is 33.6 Å². The van der Waals surface area contributed by atoms with E-state index in [0.29, 0.717) is 13.2 Å². The lowest BCUT2D eigenvalue weighted by Gasteiger charge is -2.43. The van der Waals surface area contributed by atoms with Crippen molar-refractivity contribution in [3.8, 4) is 0 Å². The average molecular weight is 268 g/mol. The molecule has 0 aromatic heterocycles. The third-order valence-electron chi connectivity index (χ3n) is 3.92. The van der Waals surface area contributed by atoms with Crippen molar-refractivity contribution in [1.29, 1.82) is 0 Å². The summed E-state index contributed by atoms with van der Waals surface area (Å²) in [6.45, 7) is 7.07. The van der Waals surface area contributed by atoms with Crippen molar-refractivity contribution in [2.45, 2.75) is 57.6 Å². The highest BCUT2D eigenvalue weighted by Crippen LogP contribution is 2.37. The molecular formula is C14H24N2O3. The lowest BCUT2D eigenvalue weighted by atomic mass is 9.91. The number of nitrogens with zero attached hydrogens (tertiary/aromatic N) is 1. The maximum atomic E-state index is 12.2. The number of hydrogen-bond donors (Lipinski definition) is 1. The first-order chi connectivity index (χ1) is 8.85. The Kier molecular flexibility index (Phi) is 3.85. The molecule has 1 saturated carbocycles. The molecule has 2 amide bonds. The van der Waals surface area contributed by atoms with Gasteiger partial charge in [-0.3, -0.25) is 9.59 Å². The van der Waals surface area contributed by atoms with Crippen LogP contribution in [0, 0.1) is 0 Å². The van der Waals surface area contributed by atoms with Gasteiger partial charge in [0.25, 0.3) is 0 Å². The summed E-state index contributed by atoms with van der Waals surface area (Å²) in [5.74, 6) is 0.0272. The molecule has 1 aliphatic carbocycles. The van der Waals surface area contributed by atoms with Crippen LogP contribution in [0.3, 0.4) is 0 Å². The van der Waals surface area contributed by atoms with Crippen LogP contribution in [0.15, 0.2) is 0 Å². The SMILES string of the molecule is CC(C)(C)OCCN1C(=O)CNC(=O)C12CCCC2. The first-order valence-corrected chi connectivity index (χ1v) is 7.08. The molecular weight excluding hydrogens is 244 g/mol. The summed E-state index contributed by atoms with van der Waals surface area (Å²) in [5.41, 5.74) is -0.819. The van der Waals surface area contributed by atoms with E-state index < -0.39 is 5.54 Å². The van der Waals surface area contributed by atoms with Crippen LogP contribution in [-0.2, 0) is 14.3 Å². The van der Waals surface area contributed by atoms with Crippen LogP contribution in [0.4, 0.5) is 0 Å². The summed E-state index contributed by atoms with van der Waals surface area (Å²) in [7, 11) is 0. The molecule has 2 fully saturated rings. The Morgan fingerprint density at radius 2 is 1.89 bits per heavy atom. The second-order valence-corrected chi connectivity index (χ2v) is 6.43. The fourth-order valence-corrected chi connectivity index (χ4v) is 3.02. The quantitative estimate of drug-likeness (QED) is 0.833. The van der Waals surface area contributed by atoms with Gasteiger partial charge in [0.05, 0.1) is 18.8 Å². The molecule has 1 N–H and O–H groups in total. The first-order valence-electron chi connectivity index (χ1n) is 7.08. The zero-order chi connectivity index (χ0) is 14.1. The van der Waals surface area contributed by atoms with Crippen LogP contribution in [0.2, 0.25) is 0 Å². The van der Waals surface area contributed by atoms with Gasteiger partial charge in [0.15, 0.2) is 0 Å². The van der Waals surface area contributed by atoms with Gasteiger partial charge >= 0.3 is 0 Å². The van der Waals surface area contributed by atoms with Gasteiger partial charge in [0, 0.05) is 6.54 Å². The van der Waals surface area contributed by atoms with Crippen molar-refractivity contribution in [3.63, 3.8) is 0 Å². The summed E-state index contributed by atoms with van der Waals surface area (Å²) in [5, 5.41) is 2.73. The molecule has 0 radical (unpaired) electrons. The summed E-state index contributed by atoms with van der Waals surface area (Å²) >= 11 is 0. The van der Waals surface area contributed by atoms with Gasteiger partial charge in [-0.2, -0.15) is 0 Å². The summed E-state index contributed by atoms with van der Waals surface area (Å²) in [6.07, 6.45) is 3.58. The second-order valence-electron chi connectivity index (χ2n) is 6.43. The fraction of sp³-hybridized carbons (Fsp3) is 0.857. The lowest BCUT2D eigenvalue weighted by molar-refractivity contribution is -0.155. The molecule has 0 bridgehead atoms. The zero-order valence-corrected chi connectivity index (χ0v) is 12.1. The smallest absolute Gasteiger partial charge is 0.246 e. The van der Waals surface area contributed by atoms with Gasteiger partial charge < -0.3 is 15.0 Å². The highest BCUT2D eigenvalue weighted by molar-refractivity contribution is 5.98. The second kappa shape index (κ2) is 5.12. The van der Waals surface area contributed by atoms with Gasteiger partial charge in [0.2, 0.25) is 11.8 Å². The molecule has 0 aromatic rings. The normalized spacial score (nSPS) is 23.0. The van der Waals surface area contributed by atoms with Gasteiger partial charge in [-0.15, -0.1) is 0 Å². The molecule has 1 saturated heterocycles. The van der Waals surface area contributed by atoms with E-state index in [1.54, 1.807) is 4.90 Å². The number of hydrogen-bond acceptors (Lipinski definition) is 3. The molecule has 1 heterocycles. The van der Waals surface area contributed by atoms with Crippen LogP contribution in [0.25, 0.3) is 0 Å². The maximum Gasteiger partial charge on any atom is 0.246 e.